The van der Waals surface area contributed by atoms with Crippen molar-refractivity contribution in [2.24, 2.45) is 11.3 Å². The van der Waals surface area contributed by atoms with E-state index in [0.29, 0.717) is 6.10 Å². The van der Waals surface area contributed by atoms with Gasteiger partial charge in [-0.3, -0.25) is 9.59 Å². The Morgan fingerprint density at radius 2 is 1.95 bits per heavy atom. The van der Waals surface area contributed by atoms with Crippen LogP contribution in [0.2, 0.25) is 0 Å². The van der Waals surface area contributed by atoms with Gasteiger partial charge in [0.15, 0.2) is 0 Å². The molecule has 5 nitrogen and oxygen atoms in total. The number of nitrogens with one attached hydrogen (secondary N) is 1. The molecule has 0 saturated heterocycles. The van der Waals surface area contributed by atoms with Crippen molar-refractivity contribution in [2.75, 3.05) is 20.2 Å². The minimum atomic E-state index is 0.0280. The van der Waals surface area contributed by atoms with E-state index in [1.165, 1.54) is 12.8 Å². The summed E-state index contributed by atoms with van der Waals surface area (Å²) < 4.78 is 5.91. The van der Waals surface area contributed by atoms with Crippen molar-refractivity contribution in [1.29, 1.82) is 0 Å². The van der Waals surface area contributed by atoms with Crippen LogP contribution in [-0.4, -0.2) is 49.1 Å². The summed E-state index contributed by atoms with van der Waals surface area (Å²) in [5.74, 6) is 0.226. The van der Waals surface area contributed by atoms with Gasteiger partial charge >= 0.3 is 0 Å². The summed E-state index contributed by atoms with van der Waals surface area (Å²) in [6.45, 7) is 2.92. The van der Waals surface area contributed by atoms with E-state index in [1.54, 1.807) is 0 Å². The Bertz CT molecular complexity index is 441. The van der Waals surface area contributed by atoms with Crippen molar-refractivity contribution in [3.05, 3.63) is 0 Å². The predicted molar refractivity (Wildman–Crippen MR) is 83.2 cm³/mol. The number of carbonyl (C=O) groups is 2. The quantitative estimate of drug-likeness (QED) is 0.812. The van der Waals surface area contributed by atoms with E-state index in [9.17, 15) is 9.59 Å². The lowest BCUT2D eigenvalue weighted by Crippen LogP contribution is -2.64. The van der Waals surface area contributed by atoms with E-state index in [0.717, 1.165) is 38.7 Å². The largest absolute Gasteiger partial charge is 0.378 e. The van der Waals surface area contributed by atoms with Gasteiger partial charge in [0.05, 0.1) is 12.6 Å². The molecule has 0 heterocycles. The van der Waals surface area contributed by atoms with Crippen molar-refractivity contribution in [1.82, 2.24) is 10.2 Å². The molecule has 0 bridgehead atoms. The fourth-order valence-corrected chi connectivity index (χ4v) is 4.34. The van der Waals surface area contributed by atoms with Gasteiger partial charge in [-0.1, -0.05) is 12.8 Å². The van der Waals surface area contributed by atoms with Crippen molar-refractivity contribution in [2.45, 2.75) is 64.0 Å². The molecular weight excluding hydrogens is 280 g/mol. The van der Waals surface area contributed by atoms with Crippen LogP contribution in [0.4, 0.5) is 0 Å². The van der Waals surface area contributed by atoms with Crippen molar-refractivity contribution in [3.63, 3.8) is 0 Å². The van der Waals surface area contributed by atoms with Gasteiger partial charge in [-0.25, -0.2) is 0 Å². The standard InChI is InChI=1S/C17H28N2O3/c1-3-22-14-10-13(17(14)8-4-5-9-17)19(2)15(20)11-18-16(21)12-6-7-12/h12-14H,3-11H2,1-2H3,(H,18,21)/t13-,14-/m0/s1. The molecule has 3 fully saturated rings. The molecule has 2 amide bonds. The molecule has 1 spiro atoms. The van der Waals surface area contributed by atoms with Gasteiger partial charge in [0, 0.05) is 31.0 Å². The van der Waals surface area contributed by atoms with Crippen LogP contribution in [0, 0.1) is 11.3 Å². The fraction of sp³-hybridized carbons (Fsp3) is 0.882. The summed E-state index contributed by atoms with van der Waals surface area (Å²) in [5.41, 5.74) is 0.168. The van der Waals surface area contributed by atoms with Crippen molar-refractivity contribution < 1.29 is 14.3 Å². The highest BCUT2D eigenvalue weighted by molar-refractivity contribution is 5.87. The van der Waals surface area contributed by atoms with E-state index in [-0.39, 0.29) is 35.7 Å². The first-order valence-corrected chi connectivity index (χ1v) is 8.73. The van der Waals surface area contributed by atoms with Gasteiger partial charge in [0.1, 0.15) is 0 Å². The number of rotatable bonds is 6. The van der Waals surface area contributed by atoms with Crippen LogP contribution in [0.1, 0.15) is 51.9 Å². The Balaban J connectivity index is 1.55. The molecule has 3 saturated carbocycles. The molecule has 1 N–H and O–H groups in total. The summed E-state index contributed by atoms with van der Waals surface area (Å²) in [7, 11) is 1.89. The second-order valence-electron chi connectivity index (χ2n) is 7.13. The SMILES string of the molecule is CCO[C@H]1C[C@H](N(C)C(=O)CNC(=O)C2CC2)C12CCCC2. The Labute approximate surface area is 132 Å². The lowest BCUT2D eigenvalue weighted by Gasteiger charge is -2.57. The smallest absolute Gasteiger partial charge is 0.241 e. The number of likely N-dealkylation sites (N-methyl/N-ethyl adjacent to an activating group) is 1. The molecule has 0 aromatic carbocycles. The highest BCUT2D eigenvalue weighted by Crippen LogP contribution is 2.56. The average molecular weight is 308 g/mol. The van der Waals surface area contributed by atoms with E-state index < -0.39 is 0 Å². The zero-order chi connectivity index (χ0) is 15.7. The van der Waals surface area contributed by atoms with Crippen LogP contribution in [0.3, 0.4) is 0 Å². The second kappa shape index (κ2) is 6.19. The van der Waals surface area contributed by atoms with Gasteiger partial charge in [0.2, 0.25) is 11.8 Å². The van der Waals surface area contributed by atoms with E-state index >= 15 is 0 Å². The zero-order valence-electron chi connectivity index (χ0n) is 13.8. The van der Waals surface area contributed by atoms with Gasteiger partial charge in [-0.15, -0.1) is 0 Å². The summed E-state index contributed by atoms with van der Waals surface area (Å²) in [4.78, 5) is 25.9. The molecule has 0 aromatic heterocycles. The van der Waals surface area contributed by atoms with Crippen LogP contribution >= 0.6 is 0 Å². The van der Waals surface area contributed by atoms with E-state index in [4.69, 9.17) is 4.74 Å². The van der Waals surface area contributed by atoms with Gasteiger partial charge in [0.25, 0.3) is 0 Å². The van der Waals surface area contributed by atoms with Crippen LogP contribution in [0.15, 0.2) is 0 Å². The van der Waals surface area contributed by atoms with E-state index in [2.05, 4.69) is 5.32 Å². The van der Waals surface area contributed by atoms with Gasteiger partial charge in [-0.05, 0) is 39.0 Å². The molecule has 0 aromatic rings. The number of amides is 2. The molecule has 0 unspecified atom stereocenters. The highest BCUT2D eigenvalue weighted by atomic mass is 16.5. The van der Waals surface area contributed by atoms with Crippen LogP contribution in [0.25, 0.3) is 0 Å². The monoisotopic (exact) mass is 308 g/mol. The molecule has 5 heteroatoms. The number of ether oxygens (including phenoxy) is 1. The van der Waals surface area contributed by atoms with E-state index in [1.807, 2.05) is 18.9 Å². The highest BCUT2D eigenvalue weighted by Gasteiger charge is 2.58. The number of hydrogen-bond acceptors (Lipinski definition) is 3. The second-order valence-corrected chi connectivity index (χ2v) is 7.13. The summed E-state index contributed by atoms with van der Waals surface area (Å²) in [6.07, 6.45) is 7.98. The first-order valence-electron chi connectivity index (χ1n) is 8.73. The van der Waals surface area contributed by atoms with Crippen molar-refractivity contribution in [3.8, 4) is 0 Å². The average Bonchev–Trinajstić information content (AvgIpc) is 3.23. The predicted octanol–water partition coefficient (Wildman–Crippen LogP) is 1.71. The van der Waals surface area contributed by atoms with Crippen LogP contribution < -0.4 is 5.32 Å². The molecule has 124 valence electrons. The fourth-order valence-electron chi connectivity index (χ4n) is 4.34. The molecule has 3 aliphatic carbocycles. The molecule has 0 radical (unpaired) electrons. The van der Waals surface area contributed by atoms with Gasteiger partial charge < -0.3 is 15.0 Å². The molecular formula is C17H28N2O3. The lowest BCUT2D eigenvalue weighted by molar-refractivity contribution is -0.172. The first-order chi connectivity index (χ1) is 10.6. The third kappa shape index (κ3) is 2.75. The topological polar surface area (TPSA) is 58.6 Å². The van der Waals surface area contributed by atoms with Crippen LogP contribution in [-0.2, 0) is 14.3 Å². The van der Waals surface area contributed by atoms with Crippen LogP contribution in [0.5, 0.6) is 0 Å². The Morgan fingerprint density at radius 1 is 1.27 bits per heavy atom. The molecule has 3 rings (SSSR count). The first kappa shape index (κ1) is 15.8. The maximum absolute atomic E-state index is 12.4. The minimum absolute atomic E-state index is 0.0280. The Kier molecular flexibility index (Phi) is 4.44. The third-order valence-corrected chi connectivity index (χ3v) is 5.87. The normalized spacial score (nSPS) is 29.2. The summed E-state index contributed by atoms with van der Waals surface area (Å²) in [5, 5.41) is 2.78. The number of carbonyl (C=O) groups excluding carboxylic acids is 2. The summed E-state index contributed by atoms with van der Waals surface area (Å²) >= 11 is 0. The lowest BCUT2D eigenvalue weighted by atomic mass is 9.60. The Morgan fingerprint density at radius 3 is 2.55 bits per heavy atom. The Hall–Kier alpha value is -1.10. The number of hydrogen-bond donors (Lipinski definition) is 1. The molecule has 0 aliphatic heterocycles. The molecule has 3 aliphatic rings. The molecule has 2 atom stereocenters. The summed E-state index contributed by atoms with van der Waals surface area (Å²) in [6, 6.07) is 0.275. The van der Waals surface area contributed by atoms with Crippen molar-refractivity contribution >= 4 is 11.8 Å². The maximum Gasteiger partial charge on any atom is 0.241 e. The van der Waals surface area contributed by atoms with Gasteiger partial charge in [-0.2, -0.15) is 0 Å². The minimum Gasteiger partial charge on any atom is -0.378 e. The maximum atomic E-state index is 12.4. The third-order valence-electron chi connectivity index (χ3n) is 5.87. The number of nitrogens with zero attached hydrogens (tertiary/aromatic N) is 1. The zero-order valence-corrected chi connectivity index (χ0v) is 13.8. The molecule has 22 heavy (non-hydrogen) atoms.